The Kier molecular flexibility index (Phi) is 11.8. The van der Waals surface area contributed by atoms with Crippen molar-refractivity contribution in [3.63, 3.8) is 0 Å². The van der Waals surface area contributed by atoms with E-state index in [-0.39, 0.29) is 31.4 Å². The molecule has 0 radical (unpaired) electrons. The minimum absolute atomic E-state index is 0.124. The van der Waals surface area contributed by atoms with Crippen molar-refractivity contribution < 1.29 is 33.3 Å². The van der Waals surface area contributed by atoms with Crippen LogP contribution in [0.5, 0.6) is 0 Å². The van der Waals surface area contributed by atoms with Crippen LogP contribution >= 0.6 is 0 Å². The van der Waals surface area contributed by atoms with E-state index in [1.54, 1.807) is 28.8 Å². The first-order valence-electron chi connectivity index (χ1n) is 17.0. The van der Waals surface area contributed by atoms with Gasteiger partial charge in [-0.3, -0.25) is 19.1 Å². The number of rotatable bonds is 13. The number of nitrogens with zero attached hydrogens (tertiary/aromatic N) is 5. The van der Waals surface area contributed by atoms with E-state index >= 15 is 0 Å². The second kappa shape index (κ2) is 17.0. The summed E-state index contributed by atoms with van der Waals surface area (Å²) >= 11 is 0. The number of benzene rings is 2. The molecular formula is C37H41N7O7. The van der Waals surface area contributed by atoms with Crippen LogP contribution in [0.3, 0.4) is 0 Å². The van der Waals surface area contributed by atoms with Gasteiger partial charge in [0.15, 0.2) is 17.0 Å². The van der Waals surface area contributed by atoms with E-state index in [4.69, 9.17) is 25.4 Å². The van der Waals surface area contributed by atoms with Crippen LogP contribution in [0.15, 0.2) is 67.3 Å². The molecule has 266 valence electrons. The fourth-order valence-electron chi connectivity index (χ4n) is 6.32. The molecule has 6 rings (SSSR count). The Morgan fingerprint density at radius 2 is 1.90 bits per heavy atom. The van der Waals surface area contributed by atoms with Gasteiger partial charge in [-0.05, 0) is 49.2 Å². The number of esters is 1. The van der Waals surface area contributed by atoms with Crippen molar-refractivity contribution in [2.45, 2.75) is 63.6 Å². The predicted molar refractivity (Wildman–Crippen MR) is 186 cm³/mol. The third kappa shape index (κ3) is 9.46. The predicted octanol–water partition coefficient (Wildman–Crippen LogP) is 4.08. The normalized spacial score (nSPS) is 20.1. The first kappa shape index (κ1) is 35.5. The fraction of sp³-hybridized carbons (Fsp3) is 0.405. The third-order valence-electron chi connectivity index (χ3n) is 8.85. The van der Waals surface area contributed by atoms with Gasteiger partial charge in [0.2, 0.25) is 0 Å². The smallest absolute Gasteiger partial charge is 0.459 e. The number of amides is 1. The summed E-state index contributed by atoms with van der Waals surface area (Å²) in [5, 5.41) is 6.36. The highest BCUT2D eigenvalue weighted by Crippen LogP contribution is 2.34. The summed E-state index contributed by atoms with van der Waals surface area (Å²) in [7, 11) is 0. The zero-order valence-corrected chi connectivity index (χ0v) is 28.4. The van der Waals surface area contributed by atoms with Crippen molar-refractivity contribution in [1.29, 1.82) is 0 Å². The van der Waals surface area contributed by atoms with E-state index in [0.717, 1.165) is 30.6 Å². The highest BCUT2D eigenvalue weighted by atomic mass is 16.7. The fourth-order valence-corrected chi connectivity index (χ4v) is 6.32. The van der Waals surface area contributed by atoms with Gasteiger partial charge in [-0.25, -0.2) is 19.7 Å². The van der Waals surface area contributed by atoms with Gasteiger partial charge in [0.05, 0.1) is 6.33 Å². The van der Waals surface area contributed by atoms with Gasteiger partial charge >= 0.3 is 12.1 Å². The number of fused-ring (bicyclic) bond motifs is 1. The molecule has 2 fully saturated rings. The Hall–Kier alpha value is -5.36. The molecule has 4 heterocycles. The van der Waals surface area contributed by atoms with Crippen LogP contribution in [-0.4, -0.2) is 93.5 Å². The zero-order chi connectivity index (χ0) is 35.6. The monoisotopic (exact) mass is 695 g/mol. The van der Waals surface area contributed by atoms with E-state index in [9.17, 15) is 14.4 Å². The number of imidazole rings is 1. The van der Waals surface area contributed by atoms with Crippen molar-refractivity contribution in [1.82, 2.24) is 29.7 Å². The molecule has 2 saturated heterocycles. The molecule has 2 aliphatic rings. The van der Waals surface area contributed by atoms with Crippen LogP contribution in [0, 0.1) is 12.3 Å². The number of aromatic nitrogens is 4. The minimum atomic E-state index is -0.850. The minimum Gasteiger partial charge on any atom is -0.459 e. The highest BCUT2D eigenvalue weighted by Gasteiger charge is 2.40. The molecule has 1 amide bonds. The maximum absolute atomic E-state index is 12.8. The van der Waals surface area contributed by atoms with Crippen LogP contribution < -0.4 is 10.6 Å². The number of piperidine rings is 1. The molecule has 0 aliphatic carbocycles. The summed E-state index contributed by atoms with van der Waals surface area (Å²) in [4.78, 5) is 52.7. The highest BCUT2D eigenvalue weighted by molar-refractivity contribution is 6.06. The number of anilines is 1. The van der Waals surface area contributed by atoms with Crippen molar-refractivity contribution in [3.8, 4) is 12.3 Å². The standard InChI is InChI=1S/C37H41N7O7/c1-3-26-12-14-27(15-13-26)20-43(21-29-11-7-8-16-38-29)17-18-48-37(47)49-22-31-30(50-25(2)45)19-32(51-31)44-24-41-33-34(39-23-40-35(33)44)42-36(46)28-9-5-4-6-10-28/h1,4-6,9-10,12-15,23-24,29-32,38H,7-8,11,16-22H2,2H3,(H,39,40,42,46). The summed E-state index contributed by atoms with van der Waals surface area (Å²) in [6.07, 6.45) is 9.05. The van der Waals surface area contributed by atoms with Crippen molar-refractivity contribution in [2.24, 2.45) is 0 Å². The van der Waals surface area contributed by atoms with E-state index in [0.29, 0.717) is 35.9 Å². The Labute approximate surface area is 295 Å². The Balaban J connectivity index is 1.04. The largest absolute Gasteiger partial charge is 0.508 e. The lowest BCUT2D eigenvalue weighted by Gasteiger charge is -2.30. The van der Waals surface area contributed by atoms with Crippen molar-refractivity contribution in [3.05, 3.63) is 83.9 Å². The van der Waals surface area contributed by atoms with Crippen LogP contribution in [0.4, 0.5) is 10.6 Å². The molecule has 14 heteroatoms. The molecule has 4 atom stereocenters. The second-order valence-electron chi connectivity index (χ2n) is 12.5. The van der Waals surface area contributed by atoms with Gasteiger partial charge in [0.25, 0.3) is 5.91 Å². The number of hydrogen-bond acceptors (Lipinski definition) is 12. The number of nitrogens with one attached hydrogen (secondary N) is 2. The molecule has 4 aromatic rings. The van der Waals surface area contributed by atoms with E-state index in [1.165, 1.54) is 32.4 Å². The van der Waals surface area contributed by atoms with Crippen molar-refractivity contribution in [2.75, 3.05) is 38.2 Å². The molecule has 0 bridgehead atoms. The third-order valence-corrected chi connectivity index (χ3v) is 8.85. The van der Waals surface area contributed by atoms with Gasteiger partial charge in [-0.1, -0.05) is 42.7 Å². The Morgan fingerprint density at radius 1 is 1.08 bits per heavy atom. The lowest BCUT2D eigenvalue weighted by molar-refractivity contribution is -0.150. The number of terminal acetylenes is 1. The molecular weight excluding hydrogens is 654 g/mol. The van der Waals surface area contributed by atoms with Gasteiger partial charge in [-0.15, -0.1) is 6.42 Å². The van der Waals surface area contributed by atoms with Crippen molar-refractivity contribution >= 4 is 35.0 Å². The van der Waals surface area contributed by atoms with Gasteiger partial charge in [0.1, 0.15) is 38.0 Å². The van der Waals surface area contributed by atoms with Crippen LogP contribution in [0.1, 0.15) is 60.3 Å². The molecule has 0 spiro atoms. The first-order valence-corrected chi connectivity index (χ1v) is 17.0. The number of carbonyl (C=O) groups is 3. The van der Waals surface area contributed by atoms with Gasteiger partial charge < -0.3 is 29.6 Å². The van der Waals surface area contributed by atoms with Crippen LogP contribution in [0.2, 0.25) is 0 Å². The molecule has 0 saturated carbocycles. The van der Waals surface area contributed by atoms with Gasteiger partial charge in [0, 0.05) is 50.1 Å². The summed E-state index contributed by atoms with van der Waals surface area (Å²) < 4.78 is 24.3. The summed E-state index contributed by atoms with van der Waals surface area (Å²) in [6.45, 7) is 4.22. The molecule has 14 nitrogen and oxygen atoms in total. The van der Waals surface area contributed by atoms with Gasteiger partial charge in [-0.2, -0.15) is 0 Å². The number of hydrogen-bond donors (Lipinski definition) is 2. The lowest BCUT2D eigenvalue weighted by atomic mass is 10.0. The Bertz CT molecular complexity index is 1840. The zero-order valence-electron chi connectivity index (χ0n) is 28.4. The molecule has 51 heavy (non-hydrogen) atoms. The summed E-state index contributed by atoms with van der Waals surface area (Å²) in [6, 6.07) is 17.0. The lowest BCUT2D eigenvalue weighted by Crippen LogP contribution is -2.44. The summed E-state index contributed by atoms with van der Waals surface area (Å²) in [5.41, 5.74) is 3.16. The number of carbonyl (C=O) groups excluding carboxylic acids is 3. The number of ether oxygens (including phenoxy) is 4. The molecule has 2 N–H and O–H groups in total. The quantitative estimate of drug-likeness (QED) is 0.153. The van der Waals surface area contributed by atoms with E-state index in [2.05, 4.69) is 36.4 Å². The maximum Gasteiger partial charge on any atom is 0.508 e. The molecule has 2 aliphatic heterocycles. The average Bonchev–Trinajstić information content (AvgIpc) is 3.76. The first-order chi connectivity index (χ1) is 24.9. The van der Waals surface area contributed by atoms with E-state index in [1.807, 2.05) is 30.3 Å². The van der Waals surface area contributed by atoms with E-state index < -0.39 is 30.6 Å². The Morgan fingerprint density at radius 3 is 2.65 bits per heavy atom. The molecule has 4 unspecified atom stereocenters. The summed E-state index contributed by atoms with van der Waals surface area (Å²) in [5.74, 6) is 2.04. The second-order valence-corrected chi connectivity index (χ2v) is 12.5. The average molecular weight is 696 g/mol. The SMILES string of the molecule is C#Cc1ccc(CN(CCOC(=O)OCC2OC(n3cnc4c(NC(=O)c5ccccc5)ncnc43)CC2OC(C)=O)CC2CCCCN2)cc1. The van der Waals surface area contributed by atoms with Crippen LogP contribution in [-0.2, 0) is 30.3 Å². The maximum atomic E-state index is 12.8. The molecule has 2 aromatic heterocycles. The van der Waals surface area contributed by atoms with Crippen LogP contribution in [0.25, 0.3) is 11.2 Å². The molecule has 2 aromatic carbocycles. The topological polar surface area (TPSA) is 159 Å².